The van der Waals surface area contributed by atoms with Gasteiger partial charge in [-0.2, -0.15) is 0 Å². The average molecular weight is 706 g/mol. The van der Waals surface area contributed by atoms with E-state index in [1.165, 1.54) is 32.7 Å². The van der Waals surface area contributed by atoms with Crippen LogP contribution in [0.15, 0.2) is 197 Å². The van der Waals surface area contributed by atoms with Crippen molar-refractivity contribution in [2.75, 3.05) is 4.90 Å². The topological polar surface area (TPSA) is 55.3 Å². The quantitative estimate of drug-likeness (QED) is 0.161. The predicted octanol–water partition coefficient (Wildman–Crippen LogP) is 13.9. The third kappa shape index (κ3) is 5.49. The van der Waals surface area contributed by atoms with Gasteiger partial charge in [0, 0.05) is 40.3 Å². The lowest BCUT2D eigenvalue weighted by molar-refractivity contribution is 0.620. The van der Waals surface area contributed by atoms with Crippen molar-refractivity contribution in [1.82, 2.24) is 9.97 Å². The maximum absolute atomic E-state index is 6.35. The van der Waals surface area contributed by atoms with E-state index < -0.39 is 0 Å². The Hall–Kier alpha value is -7.50. The Balaban J connectivity index is 1.02. The van der Waals surface area contributed by atoms with Gasteiger partial charge in [0.05, 0.1) is 0 Å². The van der Waals surface area contributed by atoms with E-state index in [-0.39, 0.29) is 0 Å². The number of benzene rings is 9. The van der Waals surface area contributed by atoms with Crippen molar-refractivity contribution in [3.05, 3.63) is 188 Å². The van der Waals surface area contributed by atoms with Gasteiger partial charge in [-0.3, -0.25) is 0 Å². The molecule has 5 nitrogen and oxygen atoms in total. The summed E-state index contributed by atoms with van der Waals surface area (Å²) in [7, 11) is 0. The minimum atomic E-state index is 0.594. The molecule has 0 N–H and O–H groups in total. The molecule has 0 fully saturated rings. The van der Waals surface area contributed by atoms with Crippen LogP contribution in [0.2, 0.25) is 0 Å². The van der Waals surface area contributed by atoms with Crippen molar-refractivity contribution in [1.29, 1.82) is 0 Å². The lowest BCUT2D eigenvalue weighted by Gasteiger charge is -2.25. The lowest BCUT2D eigenvalue weighted by Crippen LogP contribution is -2.09. The predicted molar refractivity (Wildman–Crippen MR) is 225 cm³/mol. The van der Waals surface area contributed by atoms with Gasteiger partial charge in [-0.1, -0.05) is 103 Å². The molecule has 0 saturated heterocycles. The number of oxazole rings is 2. The summed E-state index contributed by atoms with van der Waals surface area (Å²) in [6.07, 6.45) is 0. The molecule has 0 amide bonds. The van der Waals surface area contributed by atoms with Crippen molar-refractivity contribution in [3.8, 4) is 34.0 Å². The molecule has 11 rings (SSSR count). The third-order valence-corrected chi connectivity index (χ3v) is 10.5. The zero-order valence-electron chi connectivity index (χ0n) is 29.6. The minimum absolute atomic E-state index is 0.594. The van der Waals surface area contributed by atoms with Gasteiger partial charge in [0.25, 0.3) is 0 Å². The van der Waals surface area contributed by atoms with Crippen LogP contribution in [0.25, 0.3) is 88.6 Å². The summed E-state index contributed by atoms with van der Waals surface area (Å²) in [4.78, 5) is 11.8. The number of aromatic nitrogens is 2. The Morgan fingerprint density at radius 2 is 0.800 bits per heavy atom. The first kappa shape index (κ1) is 31.1. The van der Waals surface area contributed by atoms with E-state index in [0.29, 0.717) is 22.9 Å². The molecule has 0 spiro atoms. The fourth-order valence-electron chi connectivity index (χ4n) is 7.69. The van der Waals surface area contributed by atoms with Crippen LogP contribution >= 0.6 is 0 Å². The summed E-state index contributed by atoms with van der Waals surface area (Å²) < 4.78 is 12.7. The van der Waals surface area contributed by atoms with Gasteiger partial charge in [-0.25, -0.2) is 9.97 Å². The molecule has 0 aliphatic carbocycles. The molecule has 0 aliphatic rings. The largest absolute Gasteiger partial charge is 0.436 e. The molecule has 0 aliphatic heterocycles. The first-order chi connectivity index (χ1) is 27.2. The molecule has 2 aromatic heterocycles. The molecule has 0 saturated carbocycles. The van der Waals surface area contributed by atoms with E-state index in [4.69, 9.17) is 18.8 Å². The summed E-state index contributed by atoms with van der Waals surface area (Å²) in [5, 5.41) is 7.33. The highest BCUT2D eigenvalue weighted by Gasteiger charge is 2.19. The maximum Gasteiger partial charge on any atom is 0.227 e. The molecule has 0 bridgehead atoms. The molecule has 0 radical (unpaired) electrons. The number of anilines is 3. The maximum atomic E-state index is 6.35. The van der Waals surface area contributed by atoms with Crippen LogP contribution in [0.5, 0.6) is 0 Å². The number of fused-ring (bicyclic) bond motifs is 6. The van der Waals surface area contributed by atoms with Gasteiger partial charge in [-0.15, -0.1) is 0 Å². The molecular weight excluding hydrogens is 675 g/mol. The molecule has 0 atom stereocenters. The van der Waals surface area contributed by atoms with Crippen molar-refractivity contribution in [2.45, 2.75) is 0 Å². The zero-order chi connectivity index (χ0) is 36.3. The van der Waals surface area contributed by atoms with Gasteiger partial charge in [0.2, 0.25) is 11.8 Å². The van der Waals surface area contributed by atoms with E-state index in [9.17, 15) is 0 Å². The van der Waals surface area contributed by atoms with Crippen LogP contribution in [0.3, 0.4) is 0 Å². The lowest BCUT2D eigenvalue weighted by atomic mass is 9.96. The van der Waals surface area contributed by atoms with Crippen LogP contribution in [-0.2, 0) is 0 Å². The summed E-state index contributed by atoms with van der Waals surface area (Å²) in [5.74, 6) is 1.19. The van der Waals surface area contributed by atoms with Crippen molar-refractivity contribution in [3.63, 3.8) is 0 Å². The summed E-state index contributed by atoms with van der Waals surface area (Å²) in [6, 6.07) is 65.5. The van der Waals surface area contributed by atoms with E-state index in [2.05, 4.69) is 120 Å². The SMILES string of the molecule is c1ccc(-c2nc3ccc(N(c4ccc5cc(-c6ccc7ccc8ccccc8c7c6)ccc5c4)c4ccc5nc(-c6ccccc6)oc5c4)cc3o2)cc1. The third-order valence-electron chi connectivity index (χ3n) is 10.5. The second kappa shape index (κ2) is 12.6. The molecule has 9 aromatic carbocycles. The van der Waals surface area contributed by atoms with E-state index in [1.807, 2.05) is 72.8 Å². The first-order valence-electron chi connectivity index (χ1n) is 18.4. The summed E-state index contributed by atoms with van der Waals surface area (Å²) in [6.45, 7) is 0. The average Bonchev–Trinajstić information content (AvgIpc) is 3.89. The monoisotopic (exact) mass is 705 g/mol. The van der Waals surface area contributed by atoms with Crippen LogP contribution in [0.4, 0.5) is 17.1 Å². The van der Waals surface area contributed by atoms with Gasteiger partial charge >= 0.3 is 0 Å². The fourth-order valence-corrected chi connectivity index (χ4v) is 7.69. The Bertz CT molecular complexity index is 3100. The van der Waals surface area contributed by atoms with Crippen molar-refractivity contribution < 1.29 is 8.83 Å². The number of hydrogen-bond donors (Lipinski definition) is 0. The molecule has 2 heterocycles. The Kier molecular flexibility index (Phi) is 7.10. The van der Waals surface area contributed by atoms with Crippen LogP contribution in [0, 0.1) is 0 Å². The smallest absolute Gasteiger partial charge is 0.227 e. The highest BCUT2D eigenvalue weighted by atomic mass is 16.4. The molecule has 0 unspecified atom stereocenters. The van der Waals surface area contributed by atoms with Gasteiger partial charge in [0.1, 0.15) is 11.0 Å². The highest BCUT2D eigenvalue weighted by molar-refractivity contribution is 6.09. The van der Waals surface area contributed by atoms with Gasteiger partial charge in [-0.05, 0) is 116 Å². The molecule has 55 heavy (non-hydrogen) atoms. The molecule has 11 aromatic rings. The van der Waals surface area contributed by atoms with Gasteiger partial charge < -0.3 is 13.7 Å². The normalized spacial score (nSPS) is 11.6. The van der Waals surface area contributed by atoms with E-state index in [0.717, 1.165) is 50.0 Å². The van der Waals surface area contributed by atoms with Crippen LogP contribution < -0.4 is 4.90 Å². The first-order valence-corrected chi connectivity index (χ1v) is 18.4. The second-order valence-corrected chi connectivity index (χ2v) is 13.9. The fraction of sp³-hybridized carbons (Fsp3) is 0. The Morgan fingerprint density at radius 3 is 1.45 bits per heavy atom. The van der Waals surface area contributed by atoms with Crippen molar-refractivity contribution in [2.24, 2.45) is 0 Å². The standard InChI is InChI=1S/C50H31N3O2/c1-3-10-34(11-4-1)49-51-45-25-23-41(30-47(45)54-49)53(42-24-26-46-48(31-42)55-50(52-46)35-12-5-2-6-13-35)40-22-21-37-27-36(19-20-38(37)28-40)39-18-17-33-16-15-32-9-7-8-14-43(32)44(33)29-39/h1-31H. The van der Waals surface area contributed by atoms with Gasteiger partial charge in [0.15, 0.2) is 11.2 Å². The van der Waals surface area contributed by atoms with Crippen LogP contribution in [0.1, 0.15) is 0 Å². The second-order valence-electron chi connectivity index (χ2n) is 13.9. The molecule has 5 heteroatoms. The number of nitrogens with zero attached hydrogens (tertiary/aromatic N) is 3. The minimum Gasteiger partial charge on any atom is -0.436 e. The summed E-state index contributed by atoms with van der Waals surface area (Å²) in [5.41, 5.74) is 10.1. The molecule has 258 valence electrons. The van der Waals surface area contributed by atoms with E-state index in [1.54, 1.807) is 0 Å². The highest BCUT2D eigenvalue weighted by Crippen LogP contribution is 2.40. The Labute approximate surface area is 316 Å². The number of rotatable bonds is 6. The van der Waals surface area contributed by atoms with E-state index >= 15 is 0 Å². The Morgan fingerprint density at radius 1 is 0.327 bits per heavy atom. The summed E-state index contributed by atoms with van der Waals surface area (Å²) >= 11 is 0. The van der Waals surface area contributed by atoms with Crippen molar-refractivity contribution >= 4 is 71.6 Å². The van der Waals surface area contributed by atoms with Crippen LogP contribution in [-0.4, -0.2) is 9.97 Å². The zero-order valence-corrected chi connectivity index (χ0v) is 29.6. The number of hydrogen-bond acceptors (Lipinski definition) is 5. The molecular formula is C50H31N3O2.